The van der Waals surface area contributed by atoms with Crippen LogP contribution in [0.15, 0.2) is 22.8 Å². The lowest BCUT2D eigenvalue weighted by Crippen LogP contribution is -2.44. The number of amides is 1. The predicted octanol–water partition coefficient (Wildman–Crippen LogP) is 1.81. The van der Waals surface area contributed by atoms with Crippen LogP contribution in [0.4, 0.5) is 0 Å². The van der Waals surface area contributed by atoms with Crippen molar-refractivity contribution in [3.05, 3.63) is 24.2 Å². The van der Waals surface area contributed by atoms with Gasteiger partial charge in [-0.25, -0.2) is 0 Å². The first-order valence-corrected chi connectivity index (χ1v) is 6.82. The van der Waals surface area contributed by atoms with E-state index in [9.17, 15) is 4.79 Å². The Bertz CT molecular complexity index is 354. The molecule has 0 unspecified atom stereocenters. The van der Waals surface area contributed by atoms with Crippen LogP contribution in [0.3, 0.4) is 0 Å². The highest BCUT2D eigenvalue weighted by Crippen LogP contribution is 2.10. The molecule has 1 aromatic heterocycles. The Balaban J connectivity index is 1.65. The Hall–Kier alpha value is -1.29. The maximum Gasteiger partial charge on any atom is 0.220 e. The Labute approximate surface area is 108 Å². The van der Waals surface area contributed by atoms with Crippen LogP contribution in [0, 0.1) is 0 Å². The van der Waals surface area contributed by atoms with Crippen molar-refractivity contribution in [2.45, 2.75) is 38.6 Å². The topological polar surface area (TPSA) is 45.5 Å². The van der Waals surface area contributed by atoms with Crippen molar-refractivity contribution in [1.82, 2.24) is 10.2 Å². The number of carbonyl (C=O) groups excluding carboxylic acids is 1. The SMILES string of the molecule is CCN1CCC(NC(=O)CCc2ccco2)CC1. The molecule has 2 rings (SSSR count). The summed E-state index contributed by atoms with van der Waals surface area (Å²) in [5.74, 6) is 1.02. The number of hydrogen-bond donors (Lipinski definition) is 1. The molecule has 1 fully saturated rings. The number of likely N-dealkylation sites (tertiary alicyclic amines) is 1. The van der Waals surface area contributed by atoms with Gasteiger partial charge >= 0.3 is 0 Å². The molecule has 1 aliphatic heterocycles. The van der Waals surface area contributed by atoms with E-state index in [1.54, 1.807) is 6.26 Å². The summed E-state index contributed by atoms with van der Waals surface area (Å²) in [7, 11) is 0. The summed E-state index contributed by atoms with van der Waals surface area (Å²) in [4.78, 5) is 14.2. The fourth-order valence-electron chi connectivity index (χ4n) is 2.38. The first-order valence-electron chi connectivity index (χ1n) is 6.82. The lowest BCUT2D eigenvalue weighted by Gasteiger charge is -2.31. The minimum Gasteiger partial charge on any atom is -0.469 e. The maximum absolute atomic E-state index is 11.8. The summed E-state index contributed by atoms with van der Waals surface area (Å²) in [5.41, 5.74) is 0. The van der Waals surface area contributed by atoms with Gasteiger partial charge in [-0.15, -0.1) is 0 Å². The minimum absolute atomic E-state index is 0.140. The van der Waals surface area contributed by atoms with E-state index >= 15 is 0 Å². The number of furan rings is 1. The average molecular weight is 250 g/mol. The Morgan fingerprint density at radius 3 is 2.89 bits per heavy atom. The monoisotopic (exact) mass is 250 g/mol. The second-order valence-electron chi connectivity index (χ2n) is 4.86. The third kappa shape index (κ3) is 3.88. The molecule has 0 saturated carbocycles. The fourth-order valence-corrected chi connectivity index (χ4v) is 2.38. The van der Waals surface area contributed by atoms with Crippen molar-refractivity contribution in [2.75, 3.05) is 19.6 Å². The van der Waals surface area contributed by atoms with Gasteiger partial charge in [-0.2, -0.15) is 0 Å². The first kappa shape index (κ1) is 13.1. The van der Waals surface area contributed by atoms with Crippen molar-refractivity contribution < 1.29 is 9.21 Å². The average Bonchev–Trinajstić information content (AvgIpc) is 2.90. The first-order chi connectivity index (χ1) is 8.78. The van der Waals surface area contributed by atoms with Crippen LogP contribution in [0.1, 0.15) is 31.9 Å². The van der Waals surface area contributed by atoms with Crippen LogP contribution in [-0.2, 0) is 11.2 Å². The zero-order valence-corrected chi connectivity index (χ0v) is 11.0. The number of piperidine rings is 1. The molecule has 4 heteroatoms. The molecule has 0 radical (unpaired) electrons. The molecule has 1 N–H and O–H groups in total. The molecule has 0 aromatic carbocycles. The van der Waals surface area contributed by atoms with Gasteiger partial charge in [0.1, 0.15) is 5.76 Å². The van der Waals surface area contributed by atoms with Crippen LogP contribution in [0.2, 0.25) is 0 Å². The highest BCUT2D eigenvalue weighted by atomic mass is 16.3. The van der Waals surface area contributed by atoms with Gasteiger partial charge in [-0.05, 0) is 31.5 Å². The van der Waals surface area contributed by atoms with Gasteiger partial charge in [0.15, 0.2) is 0 Å². The summed E-state index contributed by atoms with van der Waals surface area (Å²) < 4.78 is 5.22. The largest absolute Gasteiger partial charge is 0.469 e. The fraction of sp³-hybridized carbons (Fsp3) is 0.643. The summed E-state index contributed by atoms with van der Waals surface area (Å²) >= 11 is 0. The summed E-state index contributed by atoms with van der Waals surface area (Å²) in [6.45, 7) is 5.49. The molecule has 1 aromatic rings. The summed E-state index contributed by atoms with van der Waals surface area (Å²) in [6, 6.07) is 4.12. The Morgan fingerprint density at radius 2 is 2.28 bits per heavy atom. The molecule has 0 bridgehead atoms. The van der Waals surface area contributed by atoms with Gasteiger partial charge in [0.05, 0.1) is 6.26 Å². The molecular formula is C14H22N2O2. The van der Waals surface area contributed by atoms with E-state index in [1.807, 2.05) is 12.1 Å². The van der Waals surface area contributed by atoms with Crippen molar-refractivity contribution >= 4 is 5.91 Å². The quantitative estimate of drug-likeness (QED) is 0.867. The van der Waals surface area contributed by atoms with E-state index < -0.39 is 0 Å². The van der Waals surface area contributed by atoms with Gasteiger partial charge in [0, 0.05) is 32.0 Å². The van der Waals surface area contributed by atoms with Crippen LogP contribution in [0.5, 0.6) is 0 Å². The van der Waals surface area contributed by atoms with Crippen LogP contribution in [-0.4, -0.2) is 36.5 Å². The highest BCUT2D eigenvalue weighted by molar-refractivity contribution is 5.76. The summed E-state index contributed by atoms with van der Waals surface area (Å²) in [5, 5.41) is 3.12. The molecule has 4 nitrogen and oxygen atoms in total. The van der Waals surface area contributed by atoms with E-state index in [4.69, 9.17) is 4.42 Å². The molecule has 100 valence electrons. The molecule has 1 amide bonds. The Kier molecular flexibility index (Phi) is 4.81. The van der Waals surface area contributed by atoms with E-state index in [0.29, 0.717) is 18.9 Å². The van der Waals surface area contributed by atoms with Crippen molar-refractivity contribution in [2.24, 2.45) is 0 Å². The molecule has 1 aliphatic rings. The van der Waals surface area contributed by atoms with Crippen molar-refractivity contribution in [3.63, 3.8) is 0 Å². The maximum atomic E-state index is 11.8. The highest BCUT2D eigenvalue weighted by Gasteiger charge is 2.19. The molecule has 0 atom stereocenters. The number of nitrogens with zero attached hydrogens (tertiary/aromatic N) is 1. The van der Waals surface area contributed by atoms with Crippen LogP contribution < -0.4 is 5.32 Å². The lowest BCUT2D eigenvalue weighted by atomic mass is 10.0. The van der Waals surface area contributed by atoms with Gasteiger partial charge in [0.25, 0.3) is 0 Å². The van der Waals surface area contributed by atoms with Gasteiger partial charge in [-0.1, -0.05) is 6.92 Å². The number of hydrogen-bond acceptors (Lipinski definition) is 3. The number of carbonyl (C=O) groups is 1. The normalized spacial score (nSPS) is 17.8. The Morgan fingerprint density at radius 1 is 1.50 bits per heavy atom. The molecular weight excluding hydrogens is 228 g/mol. The predicted molar refractivity (Wildman–Crippen MR) is 70.3 cm³/mol. The standard InChI is InChI=1S/C14H22N2O2/c1-2-16-9-7-12(8-10-16)15-14(17)6-5-13-4-3-11-18-13/h3-4,11-12H,2,5-10H2,1H3,(H,15,17). The van der Waals surface area contributed by atoms with E-state index in [2.05, 4.69) is 17.1 Å². The number of rotatable bonds is 5. The van der Waals surface area contributed by atoms with E-state index in [0.717, 1.165) is 38.2 Å². The second kappa shape index (κ2) is 6.59. The van der Waals surface area contributed by atoms with Gasteiger partial charge in [-0.3, -0.25) is 4.79 Å². The van der Waals surface area contributed by atoms with Crippen molar-refractivity contribution in [1.29, 1.82) is 0 Å². The second-order valence-corrected chi connectivity index (χ2v) is 4.86. The molecule has 0 spiro atoms. The van der Waals surface area contributed by atoms with Gasteiger partial charge in [0.2, 0.25) is 5.91 Å². The number of aryl methyl sites for hydroxylation is 1. The molecule has 18 heavy (non-hydrogen) atoms. The smallest absolute Gasteiger partial charge is 0.220 e. The van der Waals surface area contributed by atoms with E-state index in [-0.39, 0.29) is 5.91 Å². The minimum atomic E-state index is 0.140. The molecule has 2 heterocycles. The van der Waals surface area contributed by atoms with Crippen molar-refractivity contribution in [3.8, 4) is 0 Å². The zero-order valence-electron chi connectivity index (χ0n) is 11.0. The molecule has 1 saturated heterocycles. The van der Waals surface area contributed by atoms with Crippen LogP contribution >= 0.6 is 0 Å². The molecule has 0 aliphatic carbocycles. The third-order valence-electron chi connectivity index (χ3n) is 3.58. The third-order valence-corrected chi connectivity index (χ3v) is 3.58. The van der Waals surface area contributed by atoms with E-state index in [1.165, 1.54) is 0 Å². The summed E-state index contributed by atoms with van der Waals surface area (Å²) in [6.07, 6.45) is 4.99. The lowest BCUT2D eigenvalue weighted by molar-refractivity contribution is -0.122. The van der Waals surface area contributed by atoms with Gasteiger partial charge < -0.3 is 14.6 Å². The number of nitrogens with one attached hydrogen (secondary N) is 1. The zero-order chi connectivity index (χ0) is 12.8. The van der Waals surface area contributed by atoms with Crippen LogP contribution in [0.25, 0.3) is 0 Å².